The van der Waals surface area contributed by atoms with E-state index in [0.717, 1.165) is 41.9 Å². The Morgan fingerprint density at radius 1 is 1.03 bits per heavy atom. The fourth-order valence-electron chi connectivity index (χ4n) is 8.89. The summed E-state index contributed by atoms with van der Waals surface area (Å²) >= 11 is 0. The smallest absolute Gasteiger partial charge is 0.0558 e. The summed E-state index contributed by atoms with van der Waals surface area (Å²) in [6.45, 7) is 12.6. The standard InChI is InChI=1S/C27H45N3/c1-18(2)7-6-8-19(3)23-11-12-24-22-10-9-20-17-21(29-30-28)13-15-26(20,4)25(22)14-16-27(23,24)5/h17-19,21-25H,6-16H2,1-5H3/t19-,21-,22+,23-,24+,25+,26+,27-/m1/s1. The molecule has 0 unspecified atom stereocenters. The molecule has 0 spiro atoms. The maximum absolute atomic E-state index is 8.88. The fourth-order valence-corrected chi connectivity index (χ4v) is 8.89. The van der Waals surface area contributed by atoms with Gasteiger partial charge >= 0.3 is 0 Å². The summed E-state index contributed by atoms with van der Waals surface area (Å²) in [5.74, 6) is 5.42. The Morgan fingerprint density at radius 2 is 1.83 bits per heavy atom. The van der Waals surface area contributed by atoms with Crippen molar-refractivity contribution in [2.24, 2.45) is 51.5 Å². The molecule has 3 heteroatoms. The predicted octanol–water partition coefficient (Wildman–Crippen LogP) is 8.71. The molecular weight excluding hydrogens is 366 g/mol. The molecule has 0 saturated heterocycles. The highest BCUT2D eigenvalue weighted by Crippen LogP contribution is 2.67. The van der Waals surface area contributed by atoms with Crippen LogP contribution in [-0.2, 0) is 0 Å². The monoisotopic (exact) mass is 411 g/mol. The lowest BCUT2D eigenvalue weighted by atomic mass is 9.46. The summed E-state index contributed by atoms with van der Waals surface area (Å²) in [5, 5.41) is 4.04. The van der Waals surface area contributed by atoms with Gasteiger partial charge in [-0.1, -0.05) is 70.6 Å². The minimum Gasteiger partial charge on any atom is -0.0865 e. The molecule has 4 aliphatic rings. The lowest BCUT2D eigenvalue weighted by Gasteiger charge is -2.59. The molecule has 0 bridgehead atoms. The molecule has 0 aromatic rings. The van der Waals surface area contributed by atoms with Gasteiger partial charge in [-0.05, 0) is 103 Å². The van der Waals surface area contributed by atoms with Gasteiger partial charge in [0.15, 0.2) is 0 Å². The molecule has 30 heavy (non-hydrogen) atoms. The van der Waals surface area contributed by atoms with Crippen LogP contribution in [-0.4, -0.2) is 6.04 Å². The van der Waals surface area contributed by atoms with Gasteiger partial charge in [0.25, 0.3) is 0 Å². The molecule has 0 heterocycles. The van der Waals surface area contributed by atoms with Gasteiger partial charge in [-0.3, -0.25) is 0 Å². The Kier molecular flexibility index (Phi) is 6.33. The molecule has 3 nitrogen and oxygen atoms in total. The fraction of sp³-hybridized carbons (Fsp3) is 0.926. The number of fused-ring (bicyclic) bond motifs is 5. The first-order valence-corrected chi connectivity index (χ1v) is 13.0. The zero-order valence-electron chi connectivity index (χ0n) is 20.2. The predicted molar refractivity (Wildman–Crippen MR) is 126 cm³/mol. The molecule has 3 saturated carbocycles. The largest absolute Gasteiger partial charge is 0.0865 e. The number of hydrogen-bond donors (Lipinski definition) is 0. The lowest BCUT2D eigenvalue weighted by Crippen LogP contribution is -2.51. The van der Waals surface area contributed by atoms with E-state index in [0.29, 0.717) is 10.8 Å². The summed E-state index contributed by atoms with van der Waals surface area (Å²) in [6, 6.07) is 0.103. The molecule has 3 fully saturated rings. The average Bonchev–Trinajstić information content (AvgIpc) is 3.05. The van der Waals surface area contributed by atoms with E-state index in [1.54, 1.807) is 5.57 Å². The van der Waals surface area contributed by atoms with Crippen LogP contribution >= 0.6 is 0 Å². The van der Waals surface area contributed by atoms with E-state index in [4.69, 9.17) is 5.53 Å². The number of azide groups is 1. The van der Waals surface area contributed by atoms with Crippen molar-refractivity contribution in [3.05, 3.63) is 22.1 Å². The Bertz CT molecular complexity index is 705. The first kappa shape index (κ1) is 22.3. The van der Waals surface area contributed by atoms with Crippen LogP contribution in [0.5, 0.6) is 0 Å². The molecule has 0 radical (unpaired) electrons. The van der Waals surface area contributed by atoms with Crippen LogP contribution in [0.2, 0.25) is 0 Å². The van der Waals surface area contributed by atoms with Gasteiger partial charge in [0.05, 0.1) is 6.04 Å². The van der Waals surface area contributed by atoms with Crippen LogP contribution in [0.25, 0.3) is 10.4 Å². The molecule has 0 N–H and O–H groups in total. The zero-order valence-corrected chi connectivity index (χ0v) is 20.2. The van der Waals surface area contributed by atoms with E-state index in [1.807, 2.05) is 0 Å². The second-order valence-electron chi connectivity index (χ2n) is 12.4. The van der Waals surface area contributed by atoms with Crippen molar-refractivity contribution in [2.75, 3.05) is 0 Å². The highest BCUT2D eigenvalue weighted by atomic mass is 15.1. The van der Waals surface area contributed by atoms with Crippen LogP contribution in [0.4, 0.5) is 0 Å². The summed E-state index contributed by atoms with van der Waals surface area (Å²) in [5.41, 5.74) is 11.5. The second-order valence-corrected chi connectivity index (χ2v) is 12.4. The number of rotatable bonds is 6. The Labute approximate surface area is 185 Å². The third-order valence-corrected chi connectivity index (χ3v) is 10.5. The van der Waals surface area contributed by atoms with E-state index in [2.05, 4.69) is 50.7 Å². The summed E-state index contributed by atoms with van der Waals surface area (Å²) in [7, 11) is 0. The van der Waals surface area contributed by atoms with E-state index in [-0.39, 0.29) is 6.04 Å². The van der Waals surface area contributed by atoms with Gasteiger partial charge < -0.3 is 0 Å². The third-order valence-electron chi connectivity index (χ3n) is 10.5. The number of hydrogen-bond acceptors (Lipinski definition) is 1. The Balaban J connectivity index is 1.49. The first-order chi connectivity index (χ1) is 14.3. The quantitative estimate of drug-likeness (QED) is 0.182. The summed E-state index contributed by atoms with van der Waals surface area (Å²) in [6.07, 6.45) is 17.3. The minimum atomic E-state index is 0.103. The van der Waals surface area contributed by atoms with Crippen molar-refractivity contribution in [1.82, 2.24) is 0 Å². The molecule has 0 aliphatic heterocycles. The highest BCUT2D eigenvalue weighted by molar-refractivity contribution is 5.26. The van der Waals surface area contributed by atoms with E-state index in [1.165, 1.54) is 64.2 Å². The van der Waals surface area contributed by atoms with Crippen LogP contribution in [0, 0.1) is 46.3 Å². The normalized spacial score (nSPS) is 43.8. The van der Waals surface area contributed by atoms with E-state index < -0.39 is 0 Å². The topological polar surface area (TPSA) is 48.8 Å². The summed E-state index contributed by atoms with van der Waals surface area (Å²) in [4.78, 5) is 3.09. The first-order valence-electron chi connectivity index (χ1n) is 13.0. The molecule has 4 rings (SSSR count). The molecule has 0 amide bonds. The summed E-state index contributed by atoms with van der Waals surface area (Å²) < 4.78 is 0. The van der Waals surface area contributed by atoms with Crippen molar-refractivity contribution >= 4 is 0 Å². The number of nitrogens with zero attached hydrogens (tertiary/aromatic N) is 3. The maximum atomic E-state index is 8.88. The van der Waals surface area contributed by atoms with Crippen LogP contribution in [0.15, 0.2) is 16.8 Å². The Hall–Kier alpha value is -0.950. The van der Waals surface area contributed by atoms with Crippen LogP contribution in [0.3, 0.4) is 0 Å². The molecule has 0 aromatic carbocycles. The maximum Gasteiger partial charge on any atom is 0.0558 e. The highest BCUT2D eigenvalue weighted by Gasteiger charge is 2.59. The molecular formula is C27H45N3. The van der Waals surface area contributed by atoms with Gasteiger partial charge in [-0.2, -0.15) is 0 Å². The number of allylic oxidation sites excluding steroid dienone is 1. The molecule has 168 valence electrons. The average molecular weight is 412 g/mol. The van der Waals surface area contributed by atoms with Gasteiger partial charge in [-0.25, -0.2) is 0 Å². The molecule has 4 aliphatic carbocycles. The van der Waals surface area contributed by atoms with Crippen LogP contribution < -0.4 is 0 Å². The Morgan fingerprint density at radius 3 is 2.57 bits per heavy atom. The lowest BCUT2D eigenvalue weighted by molar-refractivity contribution is -0.0596. The van der Waals surface area contributed by atoms with Gasteiger partial charge in [0, 0.05) is 4.91 Å². The van der Waals surface area contributed by atoms with Gasteiger partial charge in [0.2, 0.25) is 0 Å². The van der Waals surface area contributed by atoms with Crippen molar-refractivity contribution < 1.29 is 0 Å². The van der Waals surface area contributed by atoms with Crippen molar-refractivity contribution in [1.29, 1.82) is 0 Å². The van der Waals surface area contributed by atoms with Crippen molar-refractivity contribution in [3.63, 3.8) is 0 Å². The van der Waals surface area contributed by atoms with E-state index >= 15 is 0 Å². The van der Waals surface area contributed by atoms with Gasteiger partial charge in [0.1, 0.15) is 0 Å². The third kappa shape index (κ3) is 3.74. The van der Waals surface area contributed by atoms with Gasteiger partial charge in [-0.15, -0.1) is 0 Å². The second kappa shape index (κ2) is 8.53. The zero-order chi connectivity index (χ0) is 21.5. The SMILES string of the molecule is CC(C)CCC[C@@H](C)[C@H]1CC[C@H]2[C@@H]3CCC4=C[C@H](N=[N+]=[N-])CC[C@]4(C)[C@H]3CC[C@]12C. The molecule has 0 aromatic heterocycles. The van der Waals surface area contributed by atoms with Crippen molar-refractivity contribution in [3.8, 4) is 0 Å². The van der Waals surface area contributed by atoms with Crippen molar-refractivity contribution in [2.45, 2.75) is 111 Å². The van der Waals surface area contributed by atoms with E-state index in [9.17, 15) is 0 Å². The minimum absolute atomic E-state index is 0.103. The van der Waals surface area contributed by atoms with Crippen LogP contribution in [0.1, 0.15) is 105 Å². The molecule has 8 atom stereocenters.